The third-order valence-electron chi connectivity index (χ3n) is 3.25. The van der Waals surface area contributed by atoms with Crippen LogP contribution in [0.1, 0.15) is 19.8 Å². The molecular weight excluding hydrogens is 244 g/mol. The number of piperazine rings is 1. The minimum Gasteiger partial charge on any atom is -0.340 e. The monoisotopic (exact) mass is 264 g/mol. The minimum atomic E-state index is 0. The Morgan fingerprint density at radius 1 is 1.38 bits per heavy atom. The van der Waals surface area contributed by atoms with Gasteiger partial charge < -0.3 is 10.2 Å². The van der Waals surface area contributed by atoms with Crippen LogP contribution < -0.4 is 5.32 Å². The van der Waals surface area contributed by atoms with Gasteiger partial charge in [-0.15, -0.1) is 12.4 Å². The Morgan fingerprint density at radius 2 is 2.06 bits per heavy atom. The van der Waals surface area contributed by atoms with Gasteiger partial charge in [0.2, 0.25) is 5.91 Å². The van der Waals surface area contributed by atoms with E-state index in [9.17, 15) is 4.79 Å². The number of carbonyl (C=O) groups excluding carboxylic acids is 1. The van der Waals surface area contributed by atoms with E-state index >= 15 is 0 Å². The van der Waals surface area contributed by atoms with Crippen LogP contribution in [0, 0.1) is 5.92 Å². The fraction of sp³-hybridized carbons (Fsp3) is 0.909. The number of hydrogen-bond acceptors (Lipinski definition) is 3. The molecule has 2 aliphatic rings. The molecule has 0 radical (unpaired) electrons. The first-order valence-corrected chi connectivity index (χ1v) is 7.03. The van der Waals surface area contributed by atoms with Crippen molar-refractivity contribution in [3.05, 3.63) is 0 Å². The van der Waals surface area contributed by atoms with Crippen LogP contribution in [-0.2, 0) is 4.79 Å². The van der Waals surface area contributed by atoms with E-state index in [2.05, 4.69) is 17.1 Å². The second kappa shape index (κ2) is 6.72. The van der Waals surface area contributed by atoms with Crippen molar-refractivity contribution in [3.8, 4) is 0 Å². The van der Waals surface area contributed by atoms with Crippen LogP contribution in [-0.4, -0.2) is 48.0 Å². The fourth-order valence-electron chi connectivity index (χ4n) is 2.34. The Bertz CT molecular complexity index is 234. The number of carbonyl (C=O) groups is 1. The van der Waals surface area contributed by atoms with Crippen LogP contribution >= 0.6 is 24.2 Å². The molecule has 2 saturated heterocycles. The van der Waals surface area contributed by atoms with Crippen LogP contribution in [0.3, 0.4) is 0 Å². The summed E-state index contributed by atoms with van der Waals surface area (Å²) in [6, 6.07) is 0.459. The van der Waals surface area contributed by atoms with Gasteiger partial charge in [0.05, 0.1) is 0 Å². The summed E-state index contributed by atoms with van der Waals surface area (Å²) in [5.74, 6) is 3.05. The summed E-state index contributed by atoms with van der Waals surface area (Å²) in [4.78, 5) is 14.2. The predicted octanol–water partition coefficient (Wildman–Crippen LogP) is 1.37. The summed E-state index contributed by atoms with van der Waals surface area (Å²) in [5, 5.41) is 3.37. The van der Waals surface area contributed by atoms with Gasteiger partial charge in [-0.3, -0.25) is 4.79 Å². The van der Waals surface area contributed by atoms with Gasteiger partial charge in [0, 0.05) is 31.6 Å². The largest absolute Gasteiger partial charge is 0.340 e. The molecule has 5 heteroatoms. The van der Waals surface area contributed by atoms with Crippen molar-refractivity contribution in [2.24, 2.45) is 5.92 Å². The molecule has 0 bridgehead atoms. The number of amides is 1. The van der Waals surface area contributed by atoms with E-state index in [0.29, 0.717) is 17.9 Å². The van der Waals surface area contributed by atoms with Crippen molar-refractivity contribution in [3.63, 3.8) is 0 Å². The zero-order valence-electron chi connectivity index (χ0n) is 9.78. The Labute approximate surface area is 108 Å². The zero-order valence-corrected chi connectivity index (χ0v) is 11.4. The van der Waals surface area contributed by atoms with E-state index in [1.54, 1.807) is 0 Å². The normalized spacial score (nSPS) is 27.3. The minimum absolute atomic E-state index is 0. The molecule has 2 fully saturated rings. The number of hydrogen-bond donors (Lipinski definition) is 1. The third-order valence-corrected chi connectivity index (χ3v) is 4.30. The molecule has 0 spiro atoms. The van der Waals surface area contributed by atoms with E-state index in [4.69, 9.17) is 0 Å². The van der Waals surface area contributed by atoms with Gasteiger partial charge in [0.25, 0.3) is 0 Å². The van der Waals surface area contributed by atoms with Crippen molar-refractivity contribution in [2.75, 3.05) is 31.1 Å². The van der Waals surface area contributed by atoms with Gasteiger partial charge in [-0.2, -0.15) is 11.8 Å². The highest BCUT2D eigenvalue weighted by Gasteiger charge is 2.28. The summed E-state index contributed by atoms with van der Waals surface area (Å²) in [6.45, 7) is 4.89. The maximum atomic E-state index is 12.2. The fourth-order valence-corrected chi connectivity index (χ4v) is 3.44. The standard InChI is InChI=1S/C11H20N2OS.ClH/c1-9-8-13(5-4-12-9)11(14)10-2-6-15-7-3-10;/h9-10,12H,2-8H2,1H3;1H/t9-;/m1./s1. The maximum absolute atomic E-state index is 12.2. The van der Waals surface area contributed by atoms with Crippen molar-refractivity contribution in [1.82, 2.24) is 10.2 Å². The molecule has 0 aromatic heterocycles. The molecule has 94 valence electrons. The summed E-state index contributed by atoms with van der Waals surface area (Å²) < 4.78 is 0. The number of halogens is 1. The number of nitrogens with one attached hydrogen (secondary N) is 1. The van der Waals surface area contributed by atoms with Crippen molar-refractivity contribution in [1.29, 1.82) is 0 Å². The molecule has 0 aromatic carbocycles. The van der Waals surface area contributed by atoms with Crippen molar-refractivity contribution in [2.45, 2.75) is 25.8 Å². The molecular formula is C11H21ClN2OS. The summed E-state index contributed by atoms with van der Waals surface area (Å²) in [6.07, 6.45) is 2.17. The van der Waals surface area contributed by atoms with E-state index < -0.39 is 0 Å². The van der Waals surface area contributed by atoms with Crippen LogP contribution in [0.25, 0.3) is 0 Å². The molecule has 1 N–H and O–H groups in total. The van der Waals surface area contributed by atoms with E-state index in [1.165, 1.54) is 0 Å². The predicted molar refractivity (Wildman–Crippen MR) is 71.3 cm³/mol. The number of rotatable bonds is 1. The third kappa shape index (κ3) is 3.54. The second-order valence-corrected chi connectivity index (χ2v) is 5.75. The lowest BCUT2D eigenvalue weighted by Crippen LogP contribution is -2.53. The van der Waals surface area contributed by atoms with Crippen molar-refractivity contribution >= 4 is 30.1 Å². The summed E-state index contributed by atoms with van der Waals surface area (Å²) in [7, 11) is 0. The highest BCUT2D eigenvalue weighted by atomic mass is 35.5. The van der Waals surface area contributed by atoms with Gasteiger partial charge in [0.1, 0.15) is 0 Å². The molecule has 0 aliphatic carbocycles. The molecule has 3 nitrogen and oxygen atoms in total. The SMILES string of the molecule is C[C@@H]1CN(C(=O)C2CCSCC2)CCN1.Cl. The topological polar surface area (TPSA) is 32.3 Å². The average molecular weight is 265 g/mol. The number of thioether (sulfide) groups is 1. The Kier molecular flexibility index (Phi) is 5.94. The highest BCUT2D eigenvalue weighted by Crippen LogP contribution is 2.24. The number of nitrogens with zero attached hydrogens (tertiary/aromatic N) is 1. The van der Waals surface area contributed by atoms with Crippen LogP contribution in [0.2, 0.25) is 0 Å². The molecule has 2 heterocycles. The lowest BCUT2D eigenvalue weighted by atomic mass is 10.0. The van der Waals surface area contributed by atoms with E-state index in [0.717, 1.165) is 44.0 Å². The van der Waals surface area contributed by atoms with Gasteiger partial charge in [-0.1, -0.05) is 0 Å². The van der Waals surface area contributed by atoms with Crippen LogP contribution in [0.15, 0.2) is 0 Å². The quantitative estimate of drug-likeness (QED) is 0.777. The molecule has 16 heavy (non-hydrogen) atoms. The van der Waals surface area contributed by atoms with Gasteiger partial charge in [-0.25, -0.2) is 0 Å². The lowest BCUT2D eigenvalue weighted by Gasteiger charge is -2.35. The first kappa shape index (κ1) is 14.1. The Morgan fingerprint density at radius 3 is 2.69 bits per heavy atom. The Balaban J connectivity index is 0.00000128. The van der Waals surface area contributed by atoms with Crippen LogP contribution in [0.5, 0.6) is 0 Å². The molecule has 1 amide bonds. The van der Waals surface area contributed by atoms with E-state index in [-0.39, 0.29) is 12.4 Å². The molecule has 2 rings (SSSR count). The molecule has 0 unspecified atom stereocenters. The van der Waals surface area contributed by atoms with Gasteiger partial charge >= 0.3 is 0 Å². The molecule has 0 saturated carbocycles. The average Bonchev–Trinajstić information content (AvgIpc) is 2.29. The smallest absolute Gasteiger partial charge is 0.225 e. The van der Waals surface area contributed by atoms with Gasteiger partial charge in [0.15, 0.2) is 0 Å². The molecule has 0 aromatic rings. The zero-order chi connectivity index (χ0) is 10.7. The summed E-state index contributed by atoms with van der Waals surface area (Å²) in [5.41, 5.74) is 0. The second-order valence-electron chi connectivity index (χ2n) is 4.53. The van der Waals surface area contributed by atoms with Crippen LogP contribution in [0.4, 0.5) is 0 Å². The van der Waals surface area contributed by atoms with Crippen molar-refractivity contribution < 1.29 is 4.79 Å². The maximum Gasteiger partial charge on any atom is 0.225 e. The first-order valence-electron chi connectivity index (χ1n) is 5.87. The lowest BCUT2D eigenvalue weighted by molar-refractivity contribution is -0.136. The highest BCUT2D eigenvalue weighted by molar-refractivity contribution is 7.99. The Hall–Kier alpha value is 0.0700. The molecule has 1 atom stereocenters. The van der Waals surface area contributed by atoms with Gasteiger partial charge in [-0.05, 0) is 31.3 Å². The first-order chi connectivity index (χ1) is 7.27. The van der Waals surface area contributed by atoms with E-state index in [1.807, 2.05) is 11.8 Å². The molecule has 2 aliphatic heterocycles. The summed E-state index contributed by atoms with van der Waals surface area (Å²) >= 11 is 1.98.